The van der Waals surface area contributed by atoms with Crippen LogP contribution in [0.1, 0.15) is 30.9 Å². The molecule has 1 heterocycles. The fraction of sp³-hybridized carbons (Fsp3) is 0.350. The first-order valence-corrected chi connectivity index (χ1v) is 9.04. The van der Waals surface area contributed by atoms with Crippen LogP contribution in [0.2, 0.25) is 0 Å². The number of nitrogens with one attached hydrogen (secondary N) is 3. The summed E-state index contributed by atoms with van der Waals surface area (Å²) in [5.41, 5.74) is 5.65. The van der Waals surface area contributed by atoms with Crippen LogP contribution in [0.25, 0.3) is 0 Å². The van der Waals surface area contributed by atoms with E-state index in [0.717, 1.165) is 17.7 Å². The molecule has 0 aliphatic carbocycles. The summed E-state index contributed by atoms with van der Waals surface area (Å²) in [5.74, 6) is -3.41. The van der Waals surface area contributed by atoms with Crippen LogP contribution in [0.3, 0.4) is 0 Å². The van der Waals surface area contributed by atoms with Crippen molar-refractivity contribution in [3.63, 3.8) is 0 Å². The van der Waals surface area contributed by atoms with Gasteiger partial charge in [-0.05, 0) is 50.2 Å². The summed E-state index contributed by atoms with van der Waals surface area (Å²) in [4.78, 5) is 29.0. The number of rotatable bonds is 8. The number of carbonyl (C=O) groups excluding carboxylic acids is 2. The van der Waals surface area contributed by atoms with Crippen LogP contribution in [0.4, 0.5) is 14.6 Å². The summed E-state index contributed by atoms with van der Waals surface area (Å²) in [6, 6.07) is 6.55. The van der Waals surface area contributed by atoms with Gasteiger partial charge < -0.3 is 21.7 Å². The van der Waals surface area contributed by atoms with Crippen molar-refractivity contribution < 1.29 is 18.4 Å². The molecular formula is C20H25F2N5O2. The van der Waals surface area contributed by atoms with E-state index in [1.165, 1.54) is 12.3 Å². The lowest BCUT2D eigenvalue weighted by atomic mass is 9.96. The predicted molar refractivity (Wildman–Crippen MR) is 106 cm³/mol. The van der Waals surface area contributed by atoms with Gasteiger partial charge in [-0.15, -0.1) is 0 Å². The zero-order chi connectivity index (χ0) is 21.6. The van der Waals surface area contributed by atoms with Gasteiger partial charge in [0.05, 0.1) is 11.5 Å². The van der Waals surface area contributed by atoms with E-state index >= 15 is 0 Å². The van der Waals surface area contributed by atoms with Gasteiger partial charge in [0.1, 0.15) is 5.82 Å². The third-order valence-electron chi connectivity index (χ3n) is 4.64. The van der Waals surface area contributed by atoms with Crippen LogP contribution < -0.4 is 21.7 Å². The number of pyridine rings is 1. The highest BCUT2D eigenvalue weighted by Crippen LogP contribution is 2.19. The largest absolute Gasteiger partial charge is 0.384 e. The Morgan fingerprint density at radius 2 is 1.86 bits per heavy atom. The maximum atomic E-state index is 13.7. The van der Waals surface area contributed by atoms with Gasteiger partial charge in [-0.1, -0.05) is 12.1 Å². The number of benzene rings is 1. The number of anilines is 1. The molecule has 2 amide bonds. The minimum atomic E-state index is -1.06. The lowest BCUT2D eigenvalue weighted by Crippen LogP contribution is -2.52. The number of halogens is 2. The van der Waals surface area contributed by atoms with E-state index in [1.807, 2.05) is 0 Å². The molecule has 0 aliphatic heterocycles. The number of amides is 2. The van der Waals surface area contributed by atoms with Gasteiger partial charge in [0.2, 0.25) is 11.8 Å². The Morgan fingerprint density at radius 1 is 1.14 bits per heavy atom. The van der Waals surface area contributed by atoms with Crippen molar-refractivity contribution in [1.82, 2.24) is 20.9 Å². The summed E-state index contributed by atoms with van der Waals surface area (Å²) in [6.07, 6.45) is 1.53. The van der Waals surface area contributed by atoms with Crippen LogP contribution in [-0.2, 0) is 16.1 Å². The number of hydrogen-bond acceptors (Lipinski definition) is 5. The predicted octanol–water partition coefficient (Wildman–Crippen LogP) is 1.46. The first-order valence-electron chi connectivity index (χ1n) is 9.04. The number of aromatic nitrogens is 1. The zero-order valence-corrected chi connectivity index (χ0v) is 16.6. The summed E-state index contributed by atoms with van der Waals surface area (Å²) in [6.45, 7) is 3.45. The molecule has 0 spiro atoms. The quantitative estimate of drug-likeness (QED) is 0.532. The smallest absolute Gasteiger partial charge is 0.239 e. The number of nitrogens with zero attached hydrogens (tertiary/aromatic N) is 1. The molecule has 9 heteroatoms. The first-order chi connectivity index (χ1) is 13.6. The van der Waals surface area contributed by atoms with E-state index in [4.69, 9.17) is 5.73 Å². The van der Waals surface area contributed by atoms with Crippen LogP contribution in [0.15, 0.2) is 36.5 Å². The van der Waals surface area contributed by atoms with E-state index in [9.17, 15) is 18.4 Å². The molecule has 29 heavy (non-hydrogen) atoms. The lowest BCUT2D eigenvalue weighted by molar-refractivity contribution is -0.126. The number of hydrogen-bond donors (Lipinski definition) is 4. The van der Waals surface area contributed by atoms with Gasteiger partial charge in [0.25, 0.3) is 0 Å². The minimum absolute atomic E-state index is 0.0825. The average molecular weight is 405 g/mol. The van der Waals surface area contributed by atoms with Crippen LogP contribution in [-0.4, -0.2) is 35.9 Å². The summed E-state index contributed by atoms with van der Waals surface area (Å²) >= 11 is 0. The summed E-state index contributed by atoms with van der Waals surface area (Å²) < 4.78 is 27.0. The highest BCUT2D eigenvalue weighted by molar-refractivity contribution is 5.88. The monoisotopic (exact) mass is 405 g/mol. The second-order valence-corrected chi connectivity index (χ2v) is 7.12. The topological polar surface area (TPSA) is 109 Å². The Balaban J connectivity index is 2.16. The number of nitrogens with two attached hydrogens (primary N) is 1. The molecule has 0 unspecified atom stereocenters. The highest BCUT2D eigenvalue weighted by Gasteiger charge is 2.28. The number of carbonyl (C=O) groups is 2. The molecule has 0 bridgehead atoms. The van der Waals surface area contributed by atoms with Crippen molar-refractivity contribution in [2.24, 2.45) is 0 Å². The van der Waals surface area contributed by atoms with Gasteiger partial charge >= 0.3 is 0 Å². The minimum Gasteiger partial charge on any atom is -0.384 e. The molecule has 5 N–H and O–H groups in total. The highest BCUT2D eigenvalue weighted by atomic mass is 19.2. The molecule has 1 atom stereocenters. The van der Waals surface area contributed by atoms with Crippen molar-refractivity contribution in [2.75, 3.05) is 19.3 Å². The van der Waals surface area contributed by atoms with Gasteiger partial charge in [-0.25, -0.2) is 13.8 Å². The fourth-order valence-corrected chi connectivity index (χ4v) is 2.47. The molecule has 7 nitrogen and oxygen atoms in total. The first kappa shape index (κ1) is 22.2. The van der Waals surface area contributed by atoms with E-state index in [1.54, 1.807) is 33.0 Å². The summed E-state index contributed by atoms with van der Waals surface area (Å²) in [7, 11) is 1.64. The molecule has 0 fully saturated rings. The second kappa shape index (κ2) is 9.42. The van der Waals surface area contributed by atoms with Crippen LogP contribution in [0, 0.1) is 11.6 Å². The van der Waals surface area contributed by atoms with Gasteiger partial charge in [-0.2, -0.15) is 0 Å². The molecule has 2 aromatic rings. The fourth-order valence-electron chi connectivity index (χ4n) is 2.47. The van der Waals surface area contributed by atoms with Gasteiger partial charge in [0.15, 0.2) is 11.6 Å². The molecule has 0 saturated heterocycles. The maximum Gasteiger partial charge on any atom is 0.239 e. The van der Waals surface area contributed by atoms with Crippen molar-refractivity contribution in [3.05, 3.63) is 59.3 Å². The van der Waals surface area contributed by atoms with Crippen molar-refractivity contribution in [2.45, 2.75) is 31.8 Å². The Kier molecular flexibility index (Phi) is 7.22. The third-order valence-corrected chi connectivity index (χ3v) is 4.64. The van der Waals surface area contributed by atoms with Crippen LogP contribution in [0.5, 0.6) is 0 Å². The molecule has 1 aromatic heterocycles. The van der Waals surface area contributed by atoms with Crippen molar-refractivity contribution in [3.8, 4) is 0 Å². The Hall–Kier alpha value is -3.07. The van der Waals surface area contributed by atoms with Gasteiger partial charge in [-0.3, -0.25) is 9.59 Å². The van der Waals surface area contributed by atoms with Crippen molar-refractivity contribution >= 4 is 17.6 Å². The number of nitrogen functional groups attached to an aromatic ring is 1. The normalized spacial score (nSPS) is 12.3. The van der Waals surface area contributed by atoms with E-state index in [2.05, 4.69) is 20.9 Å². The van der Waals surface area contributed by atoms with E-state index in [0.29, 0.717) is 5.82 Å². The molecule has 156 valence electrons. The molecule has 0 aliphatic rings. The number of likely N-dealkylation sites (N-methyl/N-ethyl adjacent to an activating group) is 1. The molecule has 0 saturated carbocycles. The average Bonchev–Trinajstić information content (AvgIpc) is 2.70. The Labute approximate surface area is 168 Å². The van der Waals surface area contributed by atoms with E-state index in [-0.39, 0.29) is 24.6 Å². The molecule has 0 radical (unpaired) electrons. The Morgan fingerprint density at radius 3 is 2.45 bits per heavy atom. The molecular weight excluding hydrogens is 380 g/mol. The zero-order valence-electron chi connectivity index (χ0n) is 16.6. The van der Waals surface area contributed by atoms with Gasteiger partial charge in [0, 0.05) is 19.3 Å². The maximum absolute atomic E-state index is 13.7. The Bertz CT molecular complexity index is 872. The lowest BCUT2D eigenvalue weighted by Gasteiger charge is -2.25. The van der Waals surface area contributed by atoms with E-state index < -0.39 is 29.0 Å². The standard InChI is InChI=1S/C20H25F2N5O2/c1-20(2,24-3)19(29)27-11-14(13-5-6-15(21)16(22)8-13)18(28)26-10-12-4-7-17(23)25-9-12/h4-9,14,24H,10-11H2,1-3H3,(H2,23,25)(H,26,28)(H,27,29)/t14-/m0/s1. The molecule has 1 aromatic carbocycles. The third kappa shape index (κ3) is 5.95. The van der Waals surface area contributed by atoms with Crippen molar-refractivity contribution in [1.29, 1.82) is 0 Å². The second-order valence-electron chi connectivity index (χ2n) is 7.12. The molecule has 2 rings (SSSR count). The summed E-state index contributed by atoms with van der Waals surface area (Å²) in [5, 5.41) is 8.27. The van der Waals surface area contributed by atoms with Crippen LogP contribution >= 0.6 is 0 Å². The SMILES string of the molecule is CNC(C)(C)C(=O)NC[C@H](C(=O)NCc1ccc(N)nc1)c1ccc(F)c(F)c1.